The molecule has 0 aliphatic carbocycles. The van der Waals surface area contributed by atoms with Crippen LogP contribution in [0.3, 0.4) is 0 Å². The zero-order valence-electron chi connectivity index (χ0n) is 15.0. The maximum Gasteiger partial charge on any atom is 0.384 e. The lowest BCUT2D eigenvalue weighted by atomic mass is 10.1. The molecule has 0 aliphatic heterocycles. The van der Waals surface area contributed by atoms with Crippen LogP contribution in [0.2, 0.25) is 18.1 Å². The molecule has 0 aromatic rings. The second kappa shape index (κ2) is 10.0. The Kier molecular flexibility index (Phi) is 9.66. The van der Waals surface area contributed by atoms with Crippen LogP contribution < -0.4 is 0 Å². The molecule has 0 amide bonds. The average molecular weight is 329 g/mol. The van der Waals surface area contributed by atoms with E-state index in [0.29, 0.717) is 13.0 Å². The van der Waals surface area contributed by atoms with E-state index in [1.54, 1.807) is 6.92 Å². The average Bonchev–Trinajstić information content (AvgIpc) is 2.39. The van der Waals surface area contributed by atoms with Crippen LogP contribution >= 0.6 is 0 Å². The van der Waals surface area contributed by atoms with E-state index in [9.17, 15) is 9.90 Å². The van der Waals surface area contributed by atoms with Crippen molar-refractivity contribution in [3.8, 4) is 11.8 Å². The van der Waals surface area contributed by atoms with Crippen molar-refractivity contribution >= 4 is 14.3 Å². The highest BCUT2D eigenvalue weighted by molar-refractivity contribution is 6.74. The van der Waals surface area contributed by atoms with E-state index >= 15 is 0 Å². The molecule has 1 unspecified atom stereocenters. The van der Waals surface area contributed by atoms with Crippen LogP contribution in [0.4, 0.5) is 0 Å². The summed E-state index contributed by atoms with van der Waals surface area (Å²) in [6.07, 6.45) is 2.68. The maximum absolute atomic E-state index is 11.0. The fourth-order valence-corrected chi connectivity index (χ4v) is 2.63. The van der Waals surface area contributed by atoms with Gasteiger partial charge < -0.3 is 14.3 Å². The molecular weight excluding hydrogens is 296 g/mol. The molecular formula is C17H32O4Si. The first-order valence-electron chi connectivity index (χ1n) is 8.10. The van der Waals surface area contributed by atoms with E-state index < -0.39 is 20.4 Å². The van der Waals surface area contributed by atoms with E-state index in [0.717, 1.165) is 25.9 Å². The SMILES string of the molecule is CCOC(=O)C#CC(O)CCCCCO[Si](C)(C)C(C)(C)C. The third-order valence-corrected chi connectivity index (χ3v) is 8.55. The van der Waals surface area contributed by atoms with Gasteiger partial charge in [-0.05, 0) is 44.3 Å². The number of hydrogen-bond acceptors (Lipinski definition) is 4. The van der Waals surface area contributed by atoms with Crippen molar-refractivity contribution in [1.82, 2.24) is 0 Å². The molecule has 0 aliphatic rings. The zero-order chi connectivity index (χ0) is 17.2. The molecule has 0 radical (unpaired) electrons. The van der Waals surface area contributed by atoms with Gasteiger partial charge in [-0.3, -0.25) is 0 Å². The van der Waals surface area contributed by atoms with Gasteiger partial charge >= 0.3 is 5.97 Å². The number of rotatable bonds is 8. The minimum absolute atomic E-state index is 0.242. The summed E-state index contributed by atoms with van der Waals surface area (Å²) in [7, 11) is -1.64. The van der Waals surface area contributed by atoms with Crippen LogP contribution in [0.25, 0.3) is 0 Å². The second-order valence-electron chi connectivity index (χ2n) is 6.96. The smallest absolute Gasteiger partial charge is 0.384 e. The third-order valence-electron chi connectivity index (χ3n) is 4.01. The fraction of sp³-hybridized carbons (Fsp3) is 0.824. The number of carbonyl (C=O) groups excluding carboxylic acids is 1. The van der Waals surface area contributed by atoms with Gasteiger partial charge in [0.25, 0.3) is 0 Å². The van der Waals surface area contributed by atoms with Crippen LogP contribution in [0.5, 0.6) is 0 Å². The van der Waals surface area contributed by atoms with Crippen molar-refractivity contribution in [3.05, 3.63) is 0 Å². The number of esters is 1. The van der Waals surface area contributed by atoms with Crippen LogP contribution in [-0.4, -0.2) is 38.7 Å². The number of aliphatic hydroxyl groups excluding tert-OH is 1. The topological polar surface area (TPSA) is 55.8 Å². The molecule has 0 rings (SSSR count). The molecule has 0 saturated carbocycles. The lowest BCUT2D eigenvalue weighted by Gasteiger charge is -2.36. The van der Waals surface area contributed by atoms with Gasteiger partial charge in [-0.1, -0.05) is 33.1 Å². The summed E-state index contributed by atoms with van der Waals surface area (Å²) in [4.78, 5) is 11.0. The fourth-order valence-electron chi connectivity index (χ4n) is 1.54. The largest absolute Gasteiger partial charge is 0.456 e. The van der Waals surface area contributed by atoms with Gasteiger partial charge in [-0.15, -0.1) is 0 Å². The normalized spacial score (nSPS) is 13.2. The summed E-state index contributed by atoms with van der Waals surface area (Å²) in [6.45, 7) is 14.0. The van der Waals surface area contributed by atoms with Crippen LogP contribution in [0.1, 0.15) is 53.4 Å². The number of aliphatic hydroxyl groups is 1. The predicted octanol–water partition coefficient (Wildman–Crippen LogP) is 3.50. The van der Waals surface area contributed by atoms with Gasteiger partial charge in [-0.2, -0.15) is 0 Å². The Morgan fingerprint density at radius 3 is 2.41 bits per heavy atom. The first-order valence-corrected chi connectivity index (χ1v) is 11.0. The highest BCUT2D eigenvalue weighted by Crippen LogP contribution is 2.36. The Labute approximate surface area is 136 Å². The molecule has 1 atom stereocenters. The van der Waals surface area contributed by atoms with E-state index in [4.69, 9.17) is 4.43 Å². The minimum atomic E-state index is -1.64. The monoisotopic (exact) mass is 328 g/mol. The molecule has 5 heteroatoms. The maximum atomic E-state index is 11.0. The number of hydrogen-bond donors (Lipinski definition) is 1. The molecule has 22 heavy (non-hydrogen) atoms. The van der Waals surface area contributed by atoms with Crippen molar-refractivity contribution in [2.75, 3.05) is 13.2 Å². The van der Waals surface area contributed by atoms with E-state index in [1.807, 2.05) is 0 Å². The second-order valence-corrected chi connectivity index (χ2v) is 11.8. The number of carbonyl (C=O) groups is 1. The standard InChI is InChI=1S/C17H32O4Si/c1-7-20-16(19)13-12-15(18)11-9-8-10-14-21-22(5,6)17(2,3)4/h15,18H,7-11,14H2,1-6H3. The Balaban J connectivity index is 3.80. The van der Waals surface area contributed by atoms with Crippen LogP contribution in [0.15, 0.2) is 0 Å². The quantitative estimate of drug-likeness (QED) is 0.244. The molecule has 0 saturated heterocycles. The predicted molar refractivity (Wildman–Crippen MR) is 92.0 cm³/mol. The van der Waals surface area contributed by atoms with Crippen molar-refractivity contribution in [3.63, 3.8) is 0 Å². The first kappa shape index (κ1) is 21.2. The summed E-state index contributed by atoms with van der Waals surface area (Å²) in [5.74, 6) is 4.22. The van der Waals surface area contributed by atoms with Gasteiger partial charge in [0.2, 0.25) is 0 Å². The molecule has 0 aromatic carbocycles. The zero-order valence-corrected chi connectivity index (χ0v) is 16.0. The molecule has 0 bridgehead atoms. The Morgan fingerprint density at radius 1 is 1.23 bits per heavy atom. The van der Waals surface area contributed by atoms with Gasteiger partial charge in [0, 0.05) is 12.5 Å². The lowest BCUT2D eigenvalue weighted by Crippen LogP contribution is -2.40. The molecule has 0 aromatic heterocycles. The first-order chi connectivity index (χ1) is 10.1. The Morgan fingerprint density at radius 2 is 1.86 bits per heavy atom. The van der Waals surface area contributed by atoms with E-state index in [1.165, 1.54) is 0 Å². The molecule has 0 spiro atoms. The van der Waals surface area contributed by atoms with Crippen molar-refractivity contribution in [2.45, 2.75) is 77.6 Å². The van der Waals surface area contributed by atoms with E-state index in [2.05, 4.69) is 50.4 Å². The van der Waals surface area contributed by atoms with Crippen molar-refractivity contribution < 1.29 is 19.1 Å². The van der Waals surface area contributed by atoms with Gasteiger partial charge in [0.1, 0.15) is 6.10 Å². The molecule has 0 heterocycles. The Hall–Kier alpha value is -0.833. The summed E-state index contributed by atoms with van der Waals surface area (Å²) in [5, 5.41) is 9.89. The molecule has 128 valence electrons. The summed E-state index contributed by atoms with van der Waals surface area (Å²) >= 11 is 0. The van der Waals surface area contributed by atoms with Crippen molar-refractivity contribution in [1.29, 1.82) is 0 Å². The van der Waals surface area contributed by atoms with E-state index in [-0.39, 0.29) is 5.04 Å². The summed E-state index contributed by atoms with van der Waals surface area (Å²) in [5.41, 5.74) is 0. The van der Waals surface area contributed by atoms with Crippen LogP contribution in [-0.2, 0) is 14.0 Å². The summed E-state index contributed by atoms with van der Waals surface area (Å²) in [6, 6.07) is 0. The lowest BCUT2D eigenvalue weighted by molar-refractivity contribution is -0.136. The number of ether oxygens (including phenoxy) is 1. The molecule has 0 fully saturated rings. The minimum Gasteiger partial charge on any atom is -0.456 e. The number of unbranched alkanes of at least 4 members (excludes halogenated alkanes) is 2. The molecule has 4 nitrogen and oxygen atoms in total. The highest BCUT2D eigenvalue weighted by Gasteiger charge is 2.36. The highest BCUT2D eigenvalue weighted by atomic mass is 28.4. The van der Waals surface area contributed by atoms with Crippen LogP contribution in [0, 0.1) is 11.8 Å². The van der Waals surface area contributed by atoms with Gasteiger partial charge in [0.15, 0.2) is 8.32 Å². The van der Waals surface area contributed by atoms with Gasteiger partial charge in [0.05, 0.1) is 6.61 Å². The third kappa shape index (κ3) is 9.24. The summed E-state index contributed by atoms with van der Waals surface area (Å²) < 4.78 is 10.8. The Bertz CT molecular complexity index is 388. The van der Waals surface area contributed by atoms with Crippen molar-refractivity contribution in [2.24, 2.45) is 0 Å². The molecule has 1 N–H and O–H groups in total. The van der Waals surface area contributed by atoms with Gasteiger partial charge in [-0.25, -0.2) is 4.79 Å².